The van der Waals surface area contributed by atoms with Gasteiger partial charge in [-0.05, 0) is 50.3 Å². The first-order chi connectivity index (χ1) is 9.21. The largest absolute Gasteiger partial charge is 0.504 e. The molecule has 0 fully saturated rings. The minimum Gasteiger partial charge on any atom is -0.504 e. The van der Waals surface area contributed by atoms with Crippen LogP contribution in [0.25, 0.3) is 0 Å². The third kappa shape index (κ3) is 5.49. The molecule has 1 aromatic rings. The fourth-order valence-corrected chi connectivity index (χ4v) is 2.03. The Morgan fingerprint density at radius 2 is 2.00 bits per heavy atom. The van der Waals surface area contributed by atoms with Gasteiger partial charge in [0.1, 0.15) is 0 Å². The van der Waals surface area contributed by atoms with Crippen LogP contribution in [-0.4, -0.2) is 43.3 Å². The van der Waals surface area contributed by atoms with Gasteiger partial charge in [-0.15, -0.1) is 0 Å². The highest BCUT2D eigenvalue weighted by Crippen LogP contribution is 2.25. The van der Waals surface area contributed by atoms with Crippen molar-refractivity contribution >= 4 is 0 Å². The van der Waals surface area contributed by atoms with Crippen LogP contribution in [-0.2, 0) is 6.54 Å². The van der Waals surface area contributed by atoms with Gasteiger partial charge < -0.3 is 20.1 Å². The first-order valence-electron chi connectivity index (χ1n) is 7.00. The Labute approximate surface area is 116 Å². The van der Waals surface area contributed by atoms with Crippen LogP contribution in [0, 0.1) is 0 Å². The number of aromatic hydroxyl groups is 1. The van der Waals surface area contributed by atoms with Gasteiger partial charge in [-0.3, -0.25) is 0 Å². The van der Waals surface area contributed by atoms with Gasteiger partial charge in [0.15, 0.2) is 11.5 Å². The zero-order chi connectivity index (χ0) is 14.1. The summed E-state index contributed by atoms with van der Waals surface area (Å²) in [7, 11) is 1.57. The maximum atomic E-state index is 9.51. The standard InChI is InChI=1S/C15H26N2O2/c1-4-17(5-2)10-6-9-16-12-13-7-8-14(18)15(11-13)19-3/h7-8,11,16,18H,4-6,9-10,12H2,1-3H3. The third-order valence-electron chi connectivity index (χ3n) is 3.30. The molecule has 0 aliphatic carbocycles. The predicted molar refractivity (Wildman–Crippen MR) is 78.8 cm³/mol. The monoisotopic (exact) mass is 266 g/mol. The molecule has 0 heterocycles. The molecule has 19 heavy (non-hydrogen) atoms. The van der Waals surface area contributed by atoms with E-state index in [0.717, 1.165) is 44.7 Å². The van der Waals surface area contributed by atoms with E-state index in [0.29, 0.717) is 5.75 Å². The number of phenols is 1. The summed E-state index contributed by atoms with van der Waals surface area (Å²) in [4.78, 5) is 2.42. The SMILES string of the molecule is CCN(CC)CCCNCc1ccc(O)c(OC)c1. The fraction of sp³-hybridized carbons (Fsp3) is 0.600. The van der Waals surface area contributed by atoms with Gasteiger partial charge in [0.2, 0.25) is 0 Å². The van der Waals surface area contributed by atoms with Crippen LogP contribution in [0.5, 0.6) is 11.5 Å². The Morgan fingerprint density at radius 1 is 1.26 bits per heavy atom. The van der Waals surface area contributed by atoms with Gasteiger partial charge in [-0.2, -0.15) is 0 Å². The van der Waals surface area contributed by atoms with Crippen LogP contribution >= 0.6 is 0 Å². The number of ether oxygens (including phenoxy) is 1. The van der Waals surface area contributed by atoms with Crippen molar-refractivity contribution < 1.29 is 9.84 Å². The summed E-state index contributed by atoms with van der Waals surface area (Å²) in [6.45, 7) is 9.56. The van der Waals surface area contributed by atoms with Crippen LogP contribution in [0.1, 0.15) is 25.8 Å². The molecule has 0 amide bonds. The van der Waals surface area contributed by atoms with Crippen molar-refractivity contribution in [2.45, 2.75) is 26.8 Å². The molecule has 0 unspecified atom stereocenters. The van der Waals surface area contributed by atoms with Crippen molar-refractivity contribution in [2.24, 2.45) is 0 Å². The van der Waals surface area contributed by atoms with Gasteiger partial charge in [0, 0.05) is 6.54 Å². The van der Waals surface area contributed by atoms with Gasteiger partial charge >= 0.3 is 0 Å². The normalized spacial score (nSPS) is 10.9. The summed E-state index contributed by atoms with van der Waals surface area (Å²) in [6, 6.07) is 5.45. The third-order valence-corrected chi connectivity index (χ3v) is 3.30. The number of nitrogens with zero attached hydrogens (tertiary/aromatic N) is 1. The quantitative estimate of drug-likeness (QED) is 0.673. The van der Waals surface area contributed by atoms with Crippen molar-refractivity contribution in [3.63, 3.8) is 0 Å². The molecule has 0 aromatic heterocycles. The number of hydrogen-bond acceptors (Lipinski definition) is 4. The lowest BCUT2D eigenvalue weighted by Gasteiger charge is -2.17. The summed E-state index contributed by atoms with van der Waals surface area (Å²) in [5.41, 5.74) is 1.12. The number of nitrogens with one attached hydrogen (secondary N) is 1. The van der Waals surface area contributed by atoms with Gasteiger partial charge in [-0.1, -0.05) is 19.9 Å². The van der Waals surface area contributed by atoms with E-state index in [-0.39, 0.29) is 5.75 Å². The topological polar surface area (TPSA) is 44.7 Å². The molecule has 0 atom stereocenters. The van der Waals surface area contributed by atoms with Crippen molar-refractivity contribution in [3.8, 4) is 11.5 Å². The average molecular weight is 266 g/mol. The molecule has 4 nitrogen and oxygen atoms in total. The first kappa shape index (κ1) is 15.8. The van der Waals surface area contributed by atoms with Crippen molar-refractivity contribution in [3.05, 3.63) is 23.8 Å². The van der Waals surface area contributed by atoms with E-state index in [1.54, 1.807) is 13.2 Å². The van der Waals surface area contributed by atoms with E-state index in [2.05, 4.69) is 24.1 Å². The van der Waals surface area contributed by atoms with Gasteiger partial charge in [-0.25, -0.2) is 0 Å². The summed E-state index contributed by atoms with van der Waals surface area (Å²) in [6.07, 6.45) is 1.15. The second kappa shape index (κ2) is 8.77. The highest BCUT2D eigenvalue weighted by molar-refractivity contribution is 5.41. The highest BCUT2D eigenvalue weighted by atomic mass is 16.5. The Kier molecular flexibility index (Phi) is 7.30. The lowest BCUT2D eigenvalue weighted by atomic mass is 10.2. The molecule has 0 saturated carbocycles. The molecule has 0 saturated heterocycles. The minimum atomic E-state index is 0.188. The van der Waals surface area contributed by atoms with E-state index >= 15 is 0 Å². The molecule has 0 spiro atoms. The van der Waals surface area contributed by atoms with Crippen LogP contribution in [0.15, 0.2) is 18.2 Å². The highest BCUT2D eigenvalue weighted by Gasteiger charge is 2.02. The maximum Gasteiger partial charge on any atom is 0.160 e. The summed E-state index contributed by atoms with van der Waals surface area (Å²) < 4.78 is 5.09. The molecular weight excluding hydrogens is 240 g/mol. The molecular formula is C15H26N2O2. The van der Waals surface area contributed by atoms with Crippen LogP contribution < -0.4 is 10.1 Å². The number of hydrogen-bond donors (Lipinski definition) is 2. The minimum absolute atomic E-state index is 0.188. The van der Waals surface area contributed by atoms with Crippen LogP contribution in [0.3, 0.4) is 0 Å². The molecule has 0 aliphatic rings. The van der Waals surface area contributed by atoms with Crippen molar-refractivity contribution in [2.75, 3.05) is 33.3 Å². The average Bonchev–Trinajstić information content (AvgIpc) is 2.44. The molecule has 108 valence electrons. The zero-order valence-corrected chi connectivity index (χ0v) is 12.3. The second-order valence-electron chi connectivity index (χ2n) is 4.56. The molecule has 1 rings (SSSR count). The Morgan fingerprint density at radius 3 is 2.63 bits per heavy atom. The van der Waals surface area contributed by atoms with Gasteiger partial charge in [0.05, 0.1) is 7.11 Å². The molecule has 4 heteroatoms. The number of rotatable bonds is 9. The van der Waals surface area contributed by atoms with E-state index in [1.807, 2.05) is 12.1 Å². The molecule has 2 N–H and O–H groups in total. The molecule has 1 aromatic carbocycles. The molecule has 0 radical (unpaired) electrons. The van der Waals surface area contributed by atoms with Gasteiger partial charge in [0.25, 0.3) is 0 Å². The number of phenolic OH excluding ortho intramolecular Hbond substituents is 1. The Bertz CT molecular complexity index is 365. The molecule has 0 aliphatic heterocycles. The smallest absolute Gasteiger partial charge is 0.160 e. The Hall–Kier alpha value is -1.26. The van der Waals surface area contributed by atoms with E-state index in [4.69, 9.17) is 4.74 Å². The lowest BCUT2D eigenvalue weighted by molar-refractivity contribution is 0.298. The fourth-order valence-electron chi connectivity index (χ4n) is 2.03. The maximum absolute atomic E-state index is 9.51. The summed E-state index contributed by atoms with van der Waals surface area (Å²) >= 11 is 0. The zero-order valence-electron chi connectivity index (χ0n) is 12.3. The van der Waals surface area contributed by atoms with E-state index in [1.165, 1.54) is 0 Å². The van der Waals surface area contributed by atoms with E-state index in [9.17, 15) is 5.11 Å². The van der Waals surface area contributed by atoms with Crippen molar-refractivity contribution in [1.82, 2.24) is 10.2 Å². The first-order valence-corrected chi connectivity index (χ1v) is 7.00. The lowest BCUT2D eigenvalue weighted by Crippen LogP contribution is -2.27. The van der Waals surface area contributed by atoms with E-state index < -0.39 is 0 Å². The molecule has 0 bridgehead atoms. The number of methoxy groups -OCH3 is 1. The van der Waals surface area contributed by atoms with Crippen molar-refractivity contribution in [1.29, 1.82) is 0 Å². The predicted octanol–water partition coefficient (Wildman–Crippen LogP) is 2.22. The number of benzene rings is 1. The summed E-state index contributed by atoms with van der Waals surface area (Å²) in [5.74, 6) is 0.718. The second-order valence-corrected chi connectivity index (χ2v) is 4.56. The van der Waals surface area contributed by atoms with Crippen LogP contribution in [0.2, 0.25) is 0 Å². The Balaban J connectivity index is 2.26. The van der Waals surface area contributed by atoms with Crippen LogP contribution in [0.4, 0.5) is 0 Å². The summed E-state index contributed by atoms with van der Waals surface area (Å²) in [5, 5.41) is 12.9.